The number of hydrogen-bond donors (Lipinski definition) is 4. The zero-order chi connectivity index (χ0) is 29.5. The third kappa shape index (κ3) is 12.9. The molecule has 2 aromatic rings. The van der Waals surface area contributed by atoms with Crippen molar-refractivity contribution >= 4 is 37.6 Å². The van der Waals surface area contributed by atoms with Crippen molar-refractivity contribution < 1.29 is 23.9 Å². The molecule has 0 radical (unpaired) electrons. The standard InChI is InChI=1S/C30H44N4O5Si/c1-5-22-13-15-25(16-14-22)33-28(36)24(12-9-17-32-29(31)37)21-27(35)26(20-23-10-7-6-8-11-23)34-30(38)39-18-19-40(2,3)4/h6-8,10-11,13-16,24,26H,5,9,12,17-21H2,1-4H3,(H,33,36)(H,34,38)(H3,31,32,37)/t24-,26+/m1/s1. The maximum absolute atomic E-state index is 13.6. The van der Waals surface area contributed by atoms with Gasteiger partial charge in [-0.3, -0.25) is 9.59 Å². The fraction of sp³-hybridized carbons (Fsp3) is 0.467. The zero-order valence-corrected chi connectivity index (χ0v) is 25.1. The quantitative estimate of drug-likeness (QED) is 0.169. The SMILES string of the molecule is CCc1ccc(NC(=O)[C@H](CCCNC(N)=O)CC(=O)[C@H](Cc2ccccc2)NC(=O)OCC[Si](C)(C)C)cc1. The smallest absolute Gasteiger partial charge is 0.407 e. The largest absolute Gasteiger partial charge is 0.450 e. The highest BCUT2D eigenvalue weighted by Crippen LogP contribution is 2.19. The summed E-state index contributed by atoms with van der Waals surface area (Å²) in [7, 11) is -1.39. The number of nitrogens with one attached hydrogen (secondary N) is 3. The average molecular weight is 569 g/mol. The maximum Gasteiger partial charge on any atom is 0.407 e. The number of amides is 4. The molecule has 9 nitrogen and oxygen atoms in total. The normalized spacial score (nSPS) is 12.6. The third-order valence-electron chi connectivity index (χ3n) is 6.53. The number of benzene rings is 2. The van der Waals surface area contributed by atoms with Gasteiger partial charge in [0.1, 0.15) is 0 Å². The van der Waals surface area contributed by atoms with Gasteiger partial charge in [0, 0.05) is 32.6 Å². The number of urea groups is 1. The predicted molar refractivity (Wildman–Crippen MR) is 161 cm³/mol. The van der Waals surface area contributed by atoms with Crippen molar-refractivity contribution in [1.29, 1.82) is 0 Å². The monoisotopic (exact) mass is 568 g/mol. The number of carbonyl (C=O) groups excluding carboxylic acids is 4. The van der Waals surface area contributed by atoms with Crippen molar-refractivity contribution in [3.63, 3.8) is 0 Å². The first kappa shape index (κ1) is 32.5. The lowest BCUT2D eigenvalue weighted by molar-refractivity contribution is -0.127. The lowest BCUT2D eigenvalue weighted by Crippen LogP contribution is -2.44. The second-order valence-corrected chi connectivity index (χ2v) is 16.8. The fourth-order valence-corrected chi connectivity index (χ4v) is 4.78. The third-order valence-corrected chi connectivity index (χ3v) is 8.23. The number of carbonyl (C=O) groups is 4. The zero-order valence-electron chi connectivity index (χ0n) is 24.1. The molecule has 0 saturated carbocycles. The summed E-state index contributed by atoms with van der Waals surface area (Å²) >= 11 is 0. The molecule has 0 heterocycles. The number of primary amides is 1. The second-order valence-electron chi connectivity index (χ2n) is 11.2. The molecular weight excluding hydrogens is 524 g/mol. The minimum atomic E-state index is -1.39. The first-order valence-electron chi connectivity index (χ1n) is 13.9. The first-order chi connectivity index (χ1) is 19.0. The van der Waals surface area contributed by atoms with E-state index in [1.165, 1.54) is 0 Å². The molecule has 0 aliphatic rings. The second kappa shape index (κ2) is 16.4. The summed E-state index contributed by atoms with van der Waals surface area (Å²) in [5.41, 5.74) is 7.83. The average Bonchev–Trinajstić information content (AvgIpc) is 2.90. The molecule has 218 valence electrons. The van der Waals surface area contributed by atoms with Gasteiger partial charge >= 0.3 is 12.1 Å². The van der Waals surface area contributed by atoms with Gasteiger partial charge in [0.2, 0.25) is 5.91 Å². The van der Waals surface area contributed by atoms with Crippen LogP contribution < -0.4 is 21.7 Å². The number of Topliss-reactive ketones (excluding diaryl/α,β-unsaturated/α-hetero) is 1. The summed E-state index contributed by atoms with van der Waals surface area (Å²) in [6.07, 6.45) is 1.24. The fourth-order valence-electron chi connectivity index (χ4n) is 4.07. The minimum Gasteiger partial charge on any atom is -0.450 e. The Balaban J connectivity index is 2.15. The van der Waals surface area contributed by atoms with Gasteiger partial charge in [-0.15, -0.1) is 0 Å². The maximum atomic E-state index is 13.6. The van der Waals surface area contributed by atoms with Crippen LogP contribution in [0.15, 0.2) is 54.6 Å². The number of hydrogen-bond acceptors (Lipinski definition) is 5. The van der Waals surface area contributed by atoms with Crippen LogP contribution in [0.3, 0.4) is 0 Å². The number of alkyl carbamates (subject to hydrolysis) is 1. The molecule has 5 N–H and O–H groups in total. The molecule has 0 bridgehead atoms. The van der Waals surface area contributed by atoms with E-state index in [2.05, 4.69) is 42.5 Å². The van der Waals surface area contributed by atoms with E-state index in [0.717, 1.165) is 23.6 Å². The summed E-state index contributed by atoms with van der Waals surface area (Å²) in [6.45, 7) is 9.21. The van der Waals surface area contributed by atoms with Crippen molar-refractivity contribution in [2.24, 2.45) is 11.7 Å². The molecule has 40 heavy (non-hydrogen) atoms. The molecule has 10 heteroatoms. The Morgan fingerprint density at radius 1 is 0.950 bits per heavy atom. The number of ether oxygens (including phenoxy) is 1. The number of anilines is 1. The van der Waals surface area contributed by atoms with Gasteiger partial charge in [0.25, 0.3) is 0 Å². The summed E-state index contributed by atoms with van der Waals surface area (Å²) in [4.78, 5) is 50.6. The number of nitrogens with two attached hydrogens (primary N) is 1. The Bertz CT molecular complexity index is 1100. The van der Waals surface area contributed by atoms with Crippen molar-refractivity contribution in [3.8, 4) is 0 Å². The summed E-state index contributed by atoms with van der Waals surface area (Å²) in [5, 5.41) is 8.17. The van der Waals surface area contributed by atoms with Crippen molar-refractivity contribution in [3.05, 3.63) is 65.7 Å². The molecule has 0 aliphatic carbocycles. The Kier molecular flexibility index (Phi) is 13.4. The number of ketones is 1. The van der Waals surface area contributed by atoms with Crippen LogP contribution in [0.25, 0.3) is 0 Å². The van der Waals surface area contributed by atoms with Gasteiger partial charge < -0.3 is 26.4 Å². The molecule has 0 unspecified atom stereocenters. The van der Waals surface area contributed by atoms with E-state index in [0.29, 0.717) is 25.1 Å². The van der Waals surface area contributed by atoms with E-state index in [9.17, 15) is 19.2 Å². The predicted octanol–water partition coefficient (Wildman–Crippen LogP) is 4.89. The summed E-state index contributed by atoms with van der Waals surface area (Å²) in [6, 6.07) is 16.3. The van der Waals surface area contributed by atoms with Crippen LogP contribution >= 0.6 is 0 Å². The van der Waals surface area contributed by atoms with Crippen LogP contribution in [0, 0.1) is 5.92 Å². The van der Waals surface area contributed by atoms with Gasteiger partial charge in [0.15, 0.2) is 5.78 Å². The van der Waals surface area contributed by atoms with E-state index in [1.807, 2.05) is 54.6 Å². The lowest BCUT2D eigenvalue weighted by Gasteiger charge is -2.22. The molecule has 4 amide bonds. The number of aryl methyl sites for hydroxylation is 1. The number of rotatable bonds is 16. The van der Waals surface area contributed by atoms with Gasteiger partial charge in [-0.25, -0.2) is 9.59 Å². The van der Waals surface area contributed by atoms with Crippen molar-refractivity contribution in [2.45, 2.75) is 70.8 Å². The van der Waals surface area contributed by atoms with Gasteiger partial charge in [-0.2, -0.15) is 0 Å². The molecule has 2 atom stereocenters. The highest BCUT2D eigenvalue weighted by molar-refractivity contribution is 6.76. The molecular formula is C30H44N4O5Si. The van der Waals surface area contributed by atoms with E-state index in [4.69, 9.17) is 10.5 Å². The molecule has 0 fully saturated rings. The first-order valence-corrected chi connectivity index (χ1v) is 17.6. The van der Waals surface area contributed by atoms with Gasteiger partial charge in [0.05, 0.1) is 12.6 Å². The highest BCUT2D eigenvalue weighted by Gasteiger charge is 2.28. The van der Waals surface area contributed by atoms with E-state index in [1.54, 1.807) is 0 Å². The van der Waals surface area contributed by atoms with Crippen LogP contribution in [-0.4, -0.2) is 51.1 Å². The topological polar surface area (TPSA) is 140 Å². The molecule has 0 aliphatic heterocycles. The van der Waals surface area contributed by atoms with E-state index >= 15 is 0 Å². The van der Waals surface area contributed by atoms with E-state index in [-0.39, 0.29) is 31.1 Å². The van der Waals surface area contributed by atoms with Crippen LogP contribution in [0.4, 0.5) is 15.3 Å². The highest BCUT2D eigenvalue weighted by atomic mass is 28.3. The Hall–Kier alpha value is -3.66. The van der Waals surface area contributed by atoms with Gasteiger partial charge in [-0.05, 0) is 55.0 Å². The lowest BCUT2D eigenvalue weighted by atomic mass is 9.91. The van der Waals surface area contributed by atoms with Crippen LogP contribution in [0.2, 0.25) is 25.7 Å². The molecule has 0 spiro atoms. The molecule has 2 aromatic carbocycles. The Morgan fingerprint density at radius 2 is 1.62 bits per heavy atom. The summed E-state index contributed by atoms with van der Waals surface area (Å²) in [5.74, 6) is -1.24. The Labute approximate surface area is 238 Å². The molecule has 0 aromatic heterocycles. The van der Waals surface area contributed by atoms with Crippen molar-refractivity contribution in [2.75, 3.05) is 18.5 Å². The van der Waals surface area contributed by atoms with Gasteiger partial charge in [-0.1, -0.05) is 69.0 Å². The Morgan fingerprint density at radius 3 is 2.23 bits per heavy atom. The minimum absolute atomic E-state index is 0.0812. The van der Waals surface area contributed by atoms with Crippen LogP contribution in [0.1, 0.15) is 37.3 Å². The van der Waals surface area contributed by atoms with Crippen LogP contribution in [0.5, 0.6) is 0 Å². The van der Waals surface area contributed by atoms with Crippen LogP contribution in [-0.2, 0) is 27.2 Å². The summed E-state index contributed by atoms with van der Waals surface area (Å²) < 4.78 is 5.39. The van der Waals surface area contributed by atoms with E-state index < -0.39 is 32.2 Å². The van der Waals surface area contributed by atoms with Crippen molar-refractivity contribution in [1.82, 2.24) is 10.6 Å². The molecule has 0 saturated heterocycles. The molecule has 2 rings (SSSR count).